The minimum atomic E-state index is 0.854. The Kier molecular flexibility index (Phi) is 3.74. The van der Waals surface area contributed by atoms with Crippen molar-refractivity contribution in [3.63, 3.8) is 0 Å². The van der Waals surface area contributed by atoms with E-state index >= 15 is 0 Å². The van der Waals surface area contributed by atoms with Gasteiger partial charge in [0, 0.05) is 6.42 Å². The van der Waals surface area contributed by atoms with Gasteiger partial charge in [0.05, 0.1) is 0 Å². The van der Waals surface area contributed by atoms with Crippen LogP contribution in [0.4, 0.5) is 0 Å². The van der Waals surface area contributed by atoms with E-state index in [-0.39, 0.29) is 0 Å². The SMILES string of the molecule is CCCCCc1nnn(I)n1. The summed E-state index contributed by atoms with van der Waals surface area (Å²) in [7, 11) is 0. The van der Waals surface area contributed by atoms with E-state index in [2.05, 4.69) is 22.3 Å². The van der Waals surface area contributed by atoms with Gasteiger partial charge in [-0.1, -0.05) is 19.8 Å². The summed E-state index contributed by atoms with van der Waals surface area (Å²) in [6.07, 6.45) is 4.60. The van der Waals surface area contributed by atoms with Crippen LogP contribution < -0.4 is 0 Å². The molecule has 0 aliphatic heterocycles. The van der Waals surface area contributed by atoms with E-state index in [4.69, 9.17) is 0 Å². The van der Waals surface area contributed by atoms with Crippen LogP contribution >= 0.6 is 22.9 Å². The monoisotopic (exact) mass is 266 g/mol. The van der Waals surface area contributed by atoms with E-state index in [9.17, 15) is 0 Å². The molecule has 0 unspecified atom stereocenters. The number of aromatic nitrogens is 4. The lowest BCUT2D eigenvalue weighted by atomic mass is 10.2. The van der Waals surface area contributed by atoms with Gasteiger partial charge in [0.15, 0.2) is 5.82 Å². The molecular formula is C6H11IN4. The van der Waals surface area contributed by atoms with Crippen LogP contribution in [0.15, 0.2) is 0 Å². The van der Waals surface area contributed by atoms with Crippen molar-refractivity contribution in [1.29, 1.82) is 0 Å². The molecule has 0 aliphatic rings. The standard InChI is InChI=1S/C6H11IN4/c1-2-3-4-5-6-8-10-11(7)9-6/h2-5H2,1H3. The number of aryl methyl sites for hydroxylation is 1. The maximum absolute atomic E-state index is 4.06. The summed E-state index contributed by atoms with van der Waals surface area (Å²) in [6, 6.07) is 0. The lowest BCUT2D eigenvalue weighted by Gasteiger charge is -1.90. The fourth-order valence-corrected chi connectivity index (χ4v) is 1.20. The van der Waals surface area contributed by atoms with Crippen molar-refractivity contribution in [2.24, 2.45) is 0 Å². The Bertz CT molecular complexity index is 210. The first kappa shape index (κ1) is 8.89. The van der Waals surface area contributed by atoms with Crippen LogP contribution in [0.2, 0.25) is 0 Å². The highest BCUT2D eigenvalue weighted by molar-refractivity contribution is 14.1. The molecule has 0 bridgehead atoms. The van der Waals surface area contributed by atoms with Gasteiger partial charge in [-0.05, 0) is 11.6 Å². The van der Waals surface area contributed by atoms with E-state index in [1.807, 2.05) is 22.9 Å². The number of tetrazole rings is 1. The molecule has 0 spiro atoms. The molecule has 0 saturated carbocycles. The molecule has 4 nitrogen and oxygen atoms in total. The van der Waals surface area contributed by atoms with Crippen LogP contribution in [0.3, 0.4) is 0 Å². The molecule has 0 aliphatic carbocycles. The predicted octanol–water partition coefficient (Wildman–Crippen LogP) is 1.60. The van der Waals surface area contributed by atoms with Gasteiger partial charge in [0.1, 0.15) is 22.9 Å². The number of rotatable bonds is 4. The molecule has 0 aromatic carbocycles. The number of halogens is 1. The number of unbranched alkanes of at least 4 members (excludes halogenated alkanes) is 2. The van der Waals surface area contributed by atoms with Gasteiger partial charge >= 0.3 is 0 Å². The Morgan fingerprint density at radius 1 is 1.45 bits per heavy atom. The summed E-state index contributed by atoms with van der Waals surface area (Å²) in [5.41, 5.74) is 0. The van der Waals surface area contributed by atoms with Crippen molar-refractivity contribution in [2.75, 3.05) is 0 Å². The van der Waals surface area contributed by atoms with Gasteiger partial charge in [-0.3, -0.25) is 0 Å². The van der Waals surface area contributed by atoms with Gasteiger partial charge in [-0.15, -0.1) is 13.2 Å². The second-order valence-corrected chi connectivity index (χ2v) is 3.27. The van der Waals surface area contributed by atoms with Crippen molar-refractivity contribution in [2.45, 2.75) is 32.6 Å². The Hall–Kier alpha value is -0.200. The molecule has 11 heavy (non-hydrogen) atoms. The Balaban J connectivity index is 2.27. The van der Waals surface area contributed by atoms with Crippen LogP contribution in [0.5, 0.6) is 0 Å². The molecule has 0 amide bonds. The van der Waals surface area contributed by atoms with E-state index in [0.29, 0.717) is 0 Å². The lowest BCUT2D eigenvalue weighted by molar-refractivity contribution is 0.694. The zero-order chi connectivity index (χ0) is 8.10. The summed E-state index contributed by atoms with van der Waals surface area (Å²) in [6.45, 7) is 2.18. The summed E-state index contributed by atoms with van der Waals surface area (Å²) in [5, 5.41) is 11.7. The van der Waals surface area contributed by atoms with Crippen LogP contribution in [0.25, 0.3) is 0 Å². The molecule has 0 N–H and O–H groups in total. The molecule has 1 rings (SSSR count). The zero-order valence-corrected chi connectivity index (χ0v) is 8.65. The maximum Gasteiger partial charge on any atom is 0.175 e. The second kappa shape index (κ2) is 4.63. The van der Waals surface area contributed by atoms with Crippen molar-refractivity contribution >= 4 is 22.9 Å². The average molecular weight is 266 g/mol. The first-order chi connectivity index (χ1) is 5.33. The second-order valence-electron chi connectivity index (χ2n) is 2.40. The Morgan fingerprint density at radius 3 is 2.82 bits per heavy atom. The van der Waals surface area contributed by atoms with Gasteiger partial charge in [0.2, 0.25) is 0 Å². The molecule has 1 aromatic rings. The summed E-state index contributed by atoms with van der Waals surface area (Å²) < 4.78 is 1.47. The number of hydrogen-bond donors (Lipinski definition) is 0. The van der Waals surface area contributed by atoms with E-state index in [1.165, 1.54) is 22.3 Å². The normalized spacial score (nSPS) is 10.4. The van der Waals surface area contributed by atoms with Crippen LogP contribution in [-0.4, -0.2) is 18.4 Å². The highest BCUT2D eigenvalue weighted by Crippen LogP contribution is 2.00. The third kappa shape index (κ3) is 3.13. The topological polar surface area (TPSA) is 43.6 Å². The summed E-state index contributed by atoms with van der Waals surface area (Å²) >= 11 is 1.99. The quantitative estimate of drug-likeness (QED) is 0.614. The molecule has 0 radical (unpaired) electrons. The first-order valence-electron chi connectivity index (χ1n) is 3.78. The first-order valence-corrected chi connectivity index (χ1v) is 4.74. The van der Waals surface area contributed by atoms with Gasteiger partial charge in [-0.2, -0.15) is 0 Å². The highest BCUT2D eigenvalue weighted by Gasteiger charge is 1.98. The Labute approximate surface area is 79.9 Å². The molecule has 0 fully saturated rings. The van der Waals surface area contributed by atoms with Gasteiger partial charge in [-0.25, -0.2) is 0 Å². The van der Waals surface area contributed by atoms with Gasteiger partial charge in [0.25, 0.3) is 0 Å². The summed E-state index contributed by atoms with van der Waals surface area (Å²) in [5.74, 6) is 0.854. The lowest BCUT2D eigenvalue weighted by Crippen LogP contribution is -1.89. The minimum absolute atomic E-state index is 0.854. The van der Waals surface area contributed by atoms with E-state index < -0.39 is 0 Å². The Morgan fingerprint density at radius 2 is 2.27 bits per heavy atom. The molecule has 0 atom stereocenters. The fraction of sp³-hybridized carbons (Fsp3) is 0.833. The van der Waals surface area contributed by atoms with Crippen LogP contribution in [0.1, 0.15) is 32.0 Å². The fourth-order valence-electron chi connectivity index (χ4n) is 0.857. The van der Waals surface area contributed by atoms with Crippen molar-refractivity contribution in [3.8, 4) is 0 Å². The molecule has 1 aromatic heterocycles. The van der Waals surface area contributed by atoms with Crippen molar-refractivity contribution < 1.29 is 0 Å². The third-order valence-corrected chi connectivity index (χ3v) is 1.84. The summed E-state index contributed by atoms with van der Waals surface area (Å²) in [4.78, 5) is 0. The number of nitrogens with zero attached hydrogens (tertiary/aromatic N) is 4. The van der Waals surface area contributed by atoms with E-state index in [1.54, 1.807) is 0 Å². The molecular weight excluding hydrogens is 255 g/mol. The van der Waals surface area contributed by atoms with Crippen molar-refractivity contribution in [3.05, 3.63) is 5.82 Å². The molecule has 0 saturated heterocycles. The van der Waals surface area contributed by atoms with Crippen LogP contribution in [-0.2, 0) is 6.42 Å². The van der Waals surface area contributed by atoms with Crippen molar-refractivity contribution in [1.82, 2.24) is 18.4 Å². The smallest absolute Gasteiger partial charge is 0.127 e. The molecule has 1 heterocycles. The van der Waals surface area contributed by atoms with Crippen LogP contribution in [0, 0.1) is 0 Å². The third-order valence-electron chi connectivity index (χ3n) is 1.44. The highest BCUT2D eigenvalue weighted by atomic mass is 127. The molecule has 62 valence electrons. The molecule has 5 heteroatoms. The maximum atomic E-state index is 4.06. The predicted molar refractivity (Wildman–Crippen MR) is 50.5 cm³/mol. The largest absolute Gasteiger partial charge is 0.175 e. The van der Waals surface area contributed by atoms with Gasteiger partial charge < -0.3 is 0 Å². The minimum Gasteiger partial charge on any atom is -0.127 e. The van der Waals surface area contributed by atoms with E-state index in [0.717, 1.165) is 12.2 Å². The zero-order valence-electron chi connectivity index (χ0n) is 6.50. The average Bonchev–Trinajstić information content (AvgIpc) is 2.37. The number of hydrogen-bond acceptors (Lipinski definition) is 3.